The Hall–Kier alpha value is -2.69. The SMILES string of the molecule is Cc1ccc(F)cc1NC(=O)C(CC(C)C)NC(=O)c1ccccc1C. The van der Waals surface area contributed by atoms with Crippen molar-refractivity contribution in [1.82, 2.24) is 5.32 Å². The van der Waals surface area contributed by atoms with Gasteiger partial charge in [-0.05, 0) is 55.5 Å². The van der Waals surface area contributed by atoms with E-state index in [9.17, 15) is 14.0 Å². The third kappa shape index (κ3) is 5.15. The quantitative estimate of drug-likeness (QED) is 0.814. The van der Waals surface area contributed by atoms with Crippen molar-refractivity contribution in [2.45, 2.75) is 40.2 Å². The van der Waals surface area contributed by atoms with Gasteiger partial charge in [-0.3, -0.25) is 9.59 Å². The van der Waals surface area contributed by atoms with Crippen LogP contribution in [0.2, 0.25) is 0 Å². The number of benzene rings is 2. The maximum atomic E-state index is 13.5. The Kier molecular flexibility index (Phi) is 6.50. The standard InChI is InChI=1S/C21H25FN2O2/c1-13(2)11-19(24-20(25)17-8-6-5-7-14(17)3)21(26)23-18-12-16(22)10-9-15(18)4/h5-10,12-13,19H,11H2,1-4H3,(H,23,26)(H,24,25). The van der Waals surface area contributed by atoms with E-state index in [0.29, 0.717) is 17.7 Å². The van der Waals surface area contributed by atoms with E-state index in [-0.39, 0.29) is 17.7 Å². The fourth-order valence-electron chi connectivity index (χ4n) is 2.72. The molecule has 4 nitrogen and oxygen atoms in total. The summed E-state index contributed by atoms with van der Waals surface area (Å²) in [5, 5.41) is 5.55. The maximum Gasteiger partial charge on any atom is 0.252 e. The minimum atomic E-state index is -0.704. The van der Waals surface area contributed by atoms with Crippen molar-refractivity contribution in [3.8, 4) is 0 Å². The minimum absolute atomic E-state index is 0.205. The second kappa shape index (κ2) is 8.61. The molecule has 0 aromatic heterocycles. The van der Waals surface area contributed by atoms with Crippen LogP contribution >= 0.6 is 0 Å². The third-order valence-corrected chi connectivity index (χ3v) is 4.18. The summed E-state index contributed by atoms with van der Waals surface area (Å²) in [5.74, 6) is -0.860. The summed E-state index contributed by atoms with van der Waals surface area (Å²) in [7, 11) is 0. The van der Waals surface area contributed by atoms with E-state index in [2.05, 4.69) is 10.6 Å². The van der Waals surface area contributed by atoms with Crippen molar-refractivity contribution >= 4 is 17.5 Å². The number of hydrogen-bond acceptors (Lipinski definition) is 2. The summed E-state index contributed by atoms with van der Waals surface area (Å²) >= 11 is 0. The average Bonchev–Trinajstić information content (AvgIpc) is 2.57. The summed E-state index contributed by atoms with van der Waals surface area (Å²) < 4.78 is 13.5. The van der Waals surface area contributed by atoms with Gasteiger partial charge in [-0.25, -0.2) is 4.39 Å². The molecule has 2 aromatic rings. The molecule has 5 heteroatoms. The highest BCUT2D eigenvalue weighted by molar-refractivity contribution is 6.02. The number of rotatable bonds is 6. The molecular weight excluding hydrogens is 331 g/mol. The van der Waals surface area contributed by atoms with Crippen LogP contribution in [0.3, 0.4) is 0 Å². The van der Waals surface area contributed by atoms with Crippen molar-refractivity contribution in [2.75, 3.05) is 5.32 Å². The van der Waals surface area contributed by atoms with E-state index >= 15 is 0 Å². The highest BCUT2D eigenvalue weighted by Gasteiger charge is 2.23. The molecule has 0 bridgehead atoms. The smallest absolute Gasteiger partial charge is 0.252 e. The number of nitrogens with one attached hydrogen (secondary N) is 2. The van der Waals surface area contributed by atoms with Crippen LogP contribution in [-0.2, 0) is 4.79 Å². The molecule has 1 atom stereocenters. The number of halogens is 1. The molecule has 2 aromatic carbocycles. The molecule has 0 saturated heterocycles. The lowest BCUT2D eigenvalue weighted by Crippen LogP contribution is -2.44. The van der Waals surface area contributed by atoms with E-state index in [4.69, 9.17) is 0 Å². The van der Waals surface area contributed by atoms with Crippen LogP contribution in [0.1, 0.15) is 41.8 Å². The molecule has 0 spiro atoms. The number of amides is 2. The highest BCUT2D eigenvalue weighted by Crippen LogP contribution is 2.17. The van der Waals surface area contributed by atoms with Crippen molar-refractivity contribution in [1.29, 1.82) is 0 Å². The highest BCUT2D eigenvalue weighted by atomic mass is 19.1. The zero-order valence-corrected chi connectivity index (χ0v) is 15.6. The molecule has 0 aliphatic heterocycles. The van der Waals surface area contributed by atoms with Crippen molar-refractivity contribution in [2.24, 2.45) is 5.92 Å². The normalized spacial score (nSPS) is 11.9. The van der Waals surface area contributed by atoms with Crippen molar-refractivity contribution in [3.05, 3.63) is 65.0 Å². The summed E-state index contributed by atoms with van der Waals surface area (Å²) in [4.78, 5) is 25.3. The lowest BCUT2D eigenvalue weighted by atomic mass is 10.0. The van der Waals surface area contributed by atoms with E-state index < -0.39 is 11.9 Å². The van der Waals surface area contributed by atoms with Crippen LogP contribution < -0.4 is 10.6 Å². The molecular formula is C21H25FN2O2. The van der Waals surface area contributed by atoms with Crippen LogP contribution in [0, 0.1) is 25.6 Å². The van der Waals surface area contributed by atoms with Gasteiger partial charge in [0.05, 0.1) is 0 Å². The molecule has 1 unspecified atom stereocenters. The lowest BCUT2D eigenvalue weighted by molar-refractivity contribution is -0.118. The predicted octanol–water partition coefficient (Wildman–Crippen LogP) is 4.23. The van der Waals surface area contributed by atoms with Gasteiger partial charge < -0.3 is 10.6 Å². The Labute approximate surface area is 153 Å². The first-order valence-corrected chi connectivity index (χ1v) is 8.71. The number of hydrogen-bond donors (Lipinski definition) is 2. The molecule has 0 heterocycles. The Balaban J connectivity index is 2.18. The topological polar surface area (TPSA) is 58.2 Å². The van der Waals surface area contributed by atoms with Crippen LogP contribution in [0.15, 0.2) is 42.5 Å². The molecule has 0 aliphatic rings. The van der Waals surface area contributed by atoms with Gasteiger partial charge in [-0.15, -0.1) is 0 Å². The van der Waals surface area contributed by atoms with Gasteiger partial charge >= 0.3 is 0 Å². The average molecular weight is 356 g/mol. The zero-order valence-electron chi connectivity index (χ0n) is 15.6. The molecule has 0 saturated carbocycles. The summed E-state index contributed by atoms with van der Waals surface area (Å²) in [5.41, 5.74) is 2.55. The number of carbonyl (C=O) groups is 2. The third-order valence-electron chi connectivity index (χ3n) is 4.18. The maximum absolute atomic E-state index is 13.5. The van der Waals surface area contributed by atoms with E-state index in [0.717, 1.165) is 11.1 Å². The second-order valence-corrected chi connectivity index (χ2v) is 6.92. The molecule has 0 radical (unpaired) electrons. The first-order valence-electron chi connectivity index (χ1n) is 8.71. The van der Waals surface area contributed by atoms with Crippen molar-refractivity contribution < 1.29 is 14.0 Å². The molecule has 26 heavy (non-hydrogen) atoms. The fraction of sp³-hybridized carbons (Fsp3) is 0.333. The Bertz CT molecular complexity index is 802. The van der Waals surface area contributed by atoms with E-state index in [1.807, 2.05) is 32.9 Å². The van der Waals surface area contributed by atoms with E-state index in [1.54, 1.807) is 25.1 Å². The molecule has 2 rings (SSSR count). The van der Waals surface area contributed by atoms with E-state index in [1.165, 1.54) is 12.1 Å². The number of carbonyl (C=O) groups excluding carboxylic acids is 2. The van der Waals surface area contributed by atoms with Crippen LogP contribution in [-0.4, -0.2) is 17.9 Å². The van der Waals surface area contributed by atoms with Gasteiger partial charge in [0.2, 0.25) is 5.91 Å². The Morgan fingerprint density at radius 1 is 1.04 bits per heavy atom. The Morgan fingerprint density at radius 2 is 1.73 bits per heavy atom. The van der Waals surface area contributed by atoms with Gasteiger partial charge in [-0.2, -0.15) is 0 Å². The number of anilines is 1. The molecule has 0 fully saturated rings. The van der Waals surface area contributed by atoms with Gasteiger partial charge in [0, 0.05) is 11.3 Å². The Morgan fingerprint density at radius 3 is 2.38 bits per heavy atom. The van der Waals surface area contributed by atoms with Gasteiger partial charge in [-0.1, -0.05) is 38.1 Å². The predicted molar refractivity (Wildman–Crippen MR) is 102 cm³/mol. The summed E-state index contributed by atoms with van der Waals surface area (Å²) in [6, 6.07) is 10.7. The minimum Gasteiger partial charge on any atom is -0.340 e. The first-order chi connectivity index (χ1) is 12.3. The molecule has 2 N–H and O–H groups in total. The largest absolute Gasteiger partial charge is 0.340 e. The lowest BCUT2D eigenvalue weighted by Gasteiger charge is -2.21. The molecule has 2 amide bonds. The van der Waals surface area contributed by atoms with Gasteiger partial charge in [0.25, 0.3) is 5.91 Å². The zero-order chi connectivity index (χ0) is 19.3. The molecule has 138 valence electrons. The fourth-order valence-corrected chi connectivity index (χ4v) is 2.72. The molecule has 0 aliphatic carbocycles. The van der Waals surface area contributed by atoms with Crippen molar-refractivity contribution in [3.63, 3.8) is 0 Å². The summed E-state index contributed by atoms with van der Waals surface area (Å²) in [6.45, 7) is 7.60. The van der Waals surface area contributed by atoms with Gasteiger partial charge in [0.15, 0.2) is 0 Å². The first kappa shape index (κ1) is 19.6. The van der Waals surface area contributed by atoms with Crippen LogP contribution in [0.4, 0.5) is 10.1 Å². The summed E-state index contributed by atoms with van der Waals surface area (Å²) in [6.07, 6.45) is 0.484. The second-order valence-electron chi connectivity index (χ2n) is 6.92. The van der Waals surface area contributed by atoms with Crippen LogP contribution in [0.25, 0.3) is 0 Å². The van der Waals surface area contributed by atoms with Crippen LogP contribution in [0.5, 0.6) is 0 Å². The monoisotopic (exact) mass is 356 g/mol. The number of aryl methyl sites for hydroxylation is 2. The van der Waals surface area contributed by atoms with Gasteiger partial charge in [0.1, 0.15) is 11.9 Å².